The number of hydrogen-bond donors (Lipinski definition) is 0. The first-order valence-corrected chi connectivity index (χ1v) is 11.5. The van der Waals surface area contributed by atoms with Gasteiger partial charge in [-0.3, -0.25) is 4.79 Å². The highest BCUT2D eigenvalue weighted by molar-refractivity contribution is 7.89. The summed E-state index contributed by atoms with van der Waals surface area (Å²) < 4.78 is 34.6. The van der Waals surface area contributed by atoms with Gasteiger partial charge in [0, 0.05) is 37.9 Å². The van der Waals surface area contributed by atoms with Gasteiger partial charge >= 0.3 is 0 Å². The standard InChI is InChI=1S/C20H24ClN3O4S/c1-22-13-17(29(26,27)24-8-2-3-9-24)12-18(22)20(25)23-10-11-28-19(14-23)15-4-6-16(21)7-5-15/h4-7,12-13,19H,2-3,8-11,14H2,1H3. The van der Waals surface area contributed by atoms with Gasteiger partial charge in [-0.2, -0.15) is 4.31 Å². The molecule has 2 aromatic rings. The van der Waals surface area contributed by atoms with Gasteiger partial charge in [-0.25, -0.2) is 8.42 Å². The van der Waals surface area contributed by atoms with E-state index in [0.717, 1.165) is 18.4 Å². The number of halogens is 1. The minimum Gasteiger partial charge on any atom is -0.370 e. The van der Waals surface area contributed by atoms with E-state index in [1.54, 1.807) is 28.6 Å². The van der Waals surface area contributed by atoms with Gasteiger partial charge in [-0.05, 0) is 36.6 Å². The number of morpholine rings is 1. The highest BCUT2D eigenvalue weighted by Gasteiger charge is 2.32. The van der Waals surface area contributed by atoms with Gasteiger partial charge in [0.25, 0.3) is 5.91 Å². The lowest BCUT2D eigenvalue weighted by Crippen LogP contribution is -2.42. The van der Waals surface area contributed by atoms with E-state index in [1.165, 1.54) is 16.6 Å². The Hall–Kier alpha value is -1.87. The molecule has 1 amide bonds. The summed E-state index contributed by atoms with van der Waals surface area (Å²) in [5.41, 5.74) is 1.32. The minimum atomic E-state index is -3.56. The highest BCUT2D eigenvalue weighted by Crippen LogP contribution is 2.26. The molecule has 3 heterocycles. The molecule has 0 spiro atoms. The van der Waals surface area contributed by atoms with Crippen LogP contribution in [0, 0.1) is 0 Å². The van der Waals surface area contributed by atoms with Crippen molar-refractivity contribution in [2.45, 2.75) is 23.8 Å². The van der Waals surface area contributed by atoms with Crippen LogP contribution in [0.25, 0.3) is 0 Å². The predicted octanol–water partition coefficient (Wildman–Crippen LogP) is 2.68. The third-order valence-corrected chi connectivity index (χ3v) is 7.61. The van der Waals surface area contributed by atoms with Crippen molar-refractivity contribution in [2.75, 3.05) is 32.8 Å². The Kier molecular flexibility index (Phi) is 5.70. The van der Waals surface area contributed by atoms with Crippen LogP contribution in [0.1, 0.15) is 35.0 Å². The second-order valence-corrected chi connectivity index (χ2v) is 9.82. The molecule has 1 aromatic carbocycles. The summed E-state index contributed by atoms with van der Waals surface area (Å²) in [4.78, 5) is 15.0. The van der Waals surface area contributed by atoms with E-state index in [9.17, 15) is 13.2 Å². The topological polar surface area (TPSA) is 71.9 Å². The summed E-state index contributed by atoms with van der Waals surface area (Å²) in [5, 5.41) is 0.646. The third-order valence-electron chi connectivity index (χ3n) is 5.50. The molecule has 2 saturated heterocycles. The summed E-state index contributed by atoms with van der Waals surface area (Å²) in [6, 6.07) is 8.87. The zero-order valence-electron chi connectivity index (χ0n) is 16.3. The third kappa shape index (κ3) is 4.07. The molecule has 156 valence electrons. The molecule has 0 saturated carbocycles. The number of hydrogen-bond acceptors (Lipinski definition) is 4. The molecule has 1 unspecified atom stereocenters. The van der Waals surface area contributed by atoms with Crippen molar-refractivity contribution < 1.29 is 17.9 Å². The van der Waals surface area contributed by atoms with Crippen molar-refractivity contribution in [1.82, 2.24) is 13.8 Å². The number of carbonyl (C=O) groups excluding carboxylic acids is 1. The normalized spacial score (nSPS) is 20.9. The Morgan fingerprint density at radius 3 is 2.52 bits per heavy atom. The maximum atomic E-state index is 13.1. The second-order valence-electron chi connectivity index (χ2n) is 7.45. The number of carbonyl (C=O) groups is 1. The van der Waals surface area contributed by atoms with Crippen molar-refractivity contribution >= 4 is 27.5 Å². The van der Waals surface area contributed by atoms with E-state index in [0.29, 0.717) is 43.5 Å². The van der Waals surface area contributed by atoms with E-state index in [2.05, 4.69) is 0 Å². The van der Waals surface area contributed by atoms with Crippen LogP contribution in [0.5, 0.6) is 0 Å². The van der Waals surface area contributed by atoms with Gasteiger partial charge in [0.2, 0.25) is 10.0 Å². The van der Waals surface area contributed by atoms with Gasteiger partial charge in [0.05, 0.1) is 13.2 Å². The Balaban J connectivity index is 1.53. The monoisotopic (exact) mass is 437 g/mol. The Morgan fingerprint density at radius 2 is 1.83 bits per heavy atom. The Morgan fingerprint density at radius 1 is 1.14 bits per heavy atom. The van der Waals surface area contributed by atoms with Crippen LogP contribution in [0.2, 0.25) is 5.02 Å². The molecule has 4 rings (SSSR count). The van der Waals surface area contributed by atoms with Gasteiger partial charge in [0.15, 0.2) is 0 Å². The lowest BCUT2D eigenvalue weighted by atomic mass is 10.1. The van der Waals surface area contributed by atoms with E-state index in [1.807, 2.05) is 12.1 Å². The fourth-order valence-electron chi connectivity index (χ4n) is 3.84. The van der Waals surface area contributed by atoms with E-state index < -0.39 is 10.0 Å². The molecule has 2 aliphatic heterocycles. The molecule has 0 N–H and O–H groups in total. The number of benzene rings is 1. The number of ether oxygens (including phenoxy) is 1. The Labute approximate surface area is 175 Å². The van der Waals surface area contributed by atoms with Crippen molar-refractivity contribution in [3.05, 3.63) is 52.8 Å². The predicted molar refractivity (Wildman–Crippen MR) is 109 cm³/mol. The molecule has 1 aromatic heterocycles. The molecule has 0 bridgehead atoms. The van der Waals surface area contributed by atoms with Crippen molar-refractivity contribution in [3.8, 4) is 0 Å². The van der Waals surface area contributed by atoms with Gasteiger partial charge in [0.1, 0.15) is 16.7 Å². The number of aromatic nitrogens is 1. The van der Waals surface area contributed by atoms with Crippen LogP contribution in [0.15, 0.2) is 41.4 Å². The summed E-state index contributed by atoms with van der Waals surface area (Å²) in [7, 11) is -1.86. The summed E-state index contributed by atoms with van der Waals surface area (Å²) >= 11 is 5.95. The molecule has 0 aliphatic carbocycles. The highest BCUT2D eigenvalue weighted by atomic mass is 35.5. The van der Waals surface area contributed by atoms with Crippen LogP contribution < -0.4 is 0 Å². The fourth-order valence-corrected chi connectivity index (χ4v) is 5.56. The second kappa shape index (κ2) is 8.10. The average molecular weight is 438 g/mol. The number of aryl methyl sites for hydroxylation is 1. The van der Waals surface area contributed by atoms with Crippen LogP contribution in [0.3, 0.4) is 0 Å². The largest absolute Gasteiger partial charge is 0.370 e. The van der Waals surface area contributed by atoms with Crippen LogP contribution in [0.4, 0.5) is 0 Å². The zero-order chi connectivity index (χ0) is 20.6. The molecule has 7 nitrogen and oxygen atoms in total. The van der Waals surface area contributed by atoms with E-state index >= 15 is 0 Å². The zero-order valence-corrected chi connectivity index (χ0v) is 17.8. The first-order chi connectivity index (χ1) is 13.9. The molecule has 2 fully saturated rings. The van der Waals surface area contributed by atoms with Crippen LogP contribution in [-0.4, -0.2) is 60.9 Å². The smallest absolute Gasteiger partial charge is 0.270 e. The summed E-state index contributed by atoms with van der Waals surface area (Å²) in [6.45, 7) is 2.35. The van der Waals surface area contributed by atoms with Gasteiger partial charge in [-0.1, -0.05) is 23.7 Å². The number of nitrogens with zero attached hydrogens (tertiary/aromatic N) is 3. The first-order valence-electron chi connectivity index (χ1n) is 9.69. The molecule has 29 heavy (non-hydrogen) atoms. The first kappa shape index (κ1) is 20.4. The van der Waals surface area contributed by atoms with E-state index in [4.69, 9.17) is 16.3 Å². The number of amides is 1. The van der Waals surface area contributed by atoms with Crippen molar-refractivity contribution in [2.24, 2.45) is 7.05 Å². The van der Waals surface area contributed by atoms with E-state index in [-0.39, 0.29) is 16.9 Å². The SMILES string of the molecule is Cn1cc(S(=O)(=O)N2CCCC2)cc1C(=O)N1CCOC(c2ccc(Cl)cc2)C1. The Bertz CT molecular complexity index is 997. The van der Waals surface area contributed by atoms with Crippen LogP contribution in [-0.2, 0) is 21.8 Å². The lowest BCUT2D eigenvalue weighted by molar-refractivity contribution is -0.0231. The lowest BCUT2D eigenvalue weighted by Gasteiger charge is -2.33. The van der Waals surface area contributed by atoms with Crippen molar-refractivity contribution in [1.29, 1.82) is 0 Å². The minimum absolute atomic E-state index is 0.174. The summed E-state index contributed by atoms with van der Waals surface area (Å²) in [5.74, 6) is -0.197. The number of sulfonamides is 1. The van der Waals surface area contributed by atoms with Gasteiger partial charge in [-0.15, -0.1) is 0 Å². The fraction of sp³-hybridized carbons (Fsp3) is 0.450. The maximum absolute atomic E-state index is 13.1. The quantitative estimate of drug-likeness (QED) is 0.737. The van der Waals surface area contributed by atoms with Crippen molar-refractivity contribution in [3.63, 3.8) is 0 Å². The molecule has 9 heteroatoms. The molecule has 1 atom stereocenters. The average Bonchev–Trinajstić information content (AvgIpc) is 3.39. The molecular formula is C20H24ClN3O4S. The van der Waals surface area contributed by atoms with Gasteiger partial charge < -0.3 is 14.2 Å². The molecule has 2 aliphatic rings. The molecule has 0 radical (unpaired) electrons. The number of rotatable bonds is 4. The maximum Gasteiger partial charge on any atom is 0.270 e. The summed E-state index contributed by atoms with van der Waals surface area (Å²) in [6.07, 6.45) is 3.03. The molecular weight excluding hydrogens is 414 g/mol. The van der Waals surface area contributed by atoms with Crippen LogP contribution >= 0.6 is 11.6 Å².